The fraction of sp³-hybridized carbons (Fsp3) is 0.130. The number of nitrogens with zero attached hydrogens (tertiary/aromatic N) is 1. The van der Waals surface area contributed by atoms with Crippen LogP contribution in [0.1, 0.15) is 27.9 Å². The molecule has 5 heteroatoms. The van der Waals surface area contributed by atoms with Crippen molar-refractivity contribution in [3.8, 4) is 0 Å². The third-order valence-electron chi connectivity index (χ3n) is 4.84. The molecule has 3 aromatic carbocycles. The number of benzene rings is 3. The minimum Gasteiger partial charge on any atom is -0.322 e. The molecule has 3 aromatic rings. The van der Waals surface area contributed by atoms with Gasteiger partial charge < -0.3 is 10.2 Å². The van der Waals surface area contributed by atoms with Gasteiger partial charge in [-0.05, 0) is 47.9 Å². The summed E-state index contributed by atoms with van der Waals surface area (Å²) >= 11 is 6.11. The van der Waals surface area contributed by atoms with E-state index in [1.165, 1.54) is 0 Å². The molecular weight excluding hydrogens is 372 g/mol. The Morgan fingerprint density at radius 1 is 0.964 bits per heavy atom. The van der Waals surface area contributed by atoms with Crippen LogP contribution in [0.15, 0.2) is 72.8 Å². The van der Waals surface area contributed by atoms with E-state index in [0.717, 1.165) is 16.8 Å². The maximum absolute atomic E-state index is 12.5. The molecule has 1 aliphatic heterocycles. The van der Waals surface area contributed by atoms with Crippen LogP contribution in [0.5, 0.6) is 0 Å². The summed E-state index contributed by atoms with van der Waals surface area (Å²) in [6.45, 7) is 0.540. The van der Waals surface area contributed by atoms with Crippen molar-refractivity contribution >= 4 is 34.8 Å². The largest absolute Gasteiger partial charge is 0.322 e. The molecule has 4 rings (SSSR count). The molecule has 0 spiro atoms. The summed E-state index contributed by atoms with van der Waals surface area (Å²) in [6, 6.07) is 22.5. The zero-order valence-corrected chi connectivity index (χ0v) is 15.9. The van der Waals surface area contributed by atoms with E-state index < -0.39 is 0 Å². The second-order valence-corrected chi connectivity index (χ2v) is 7.15. The van der Waals surface area contributed by atoms with Crippen LogP contribution in [0.25, 0.3) is 0 Å². The van der Waals surface area contributed by atoms with E-state index in [0.29, 0.717) is 35.7 Å². The van der Waals surface area contributed by atoms with Crippen molar-refractivity contribution in [2.24, 2.45) is 0 Å². The van der Waals surface area contributed by atoms with Gasteiger partial charge in [0, 0.05) is 17.8 Å². The number of hydrogen-bond donors (Lipinski definition) is 1. The van der Waals surface area contributed by atoms with E-state index in [9.17, 15) is 9.59 Å². The lowest BCUT2D eigenvalue weighted by atomic mass is 9.99. The molecule has 0 saturated carbocycles. The van der Waals surface area contributed by atoms with E-state index in [1.54, 1.807) is 24.3 Å². The molecule has 0 atom stereocenters. The summed E-state index contributed by atoms with van der Waals surface area (Å²) < 4.78 is 0. The fourth-order valence-corrected chi connectivity index (χ4v) is 3.64. The van der Waals surface area contributed by atoms with Gasteiger partial charge in [-0.2, -0.15) is 0 Å². The molecule has 0 radical (unpaired) electrons. The van der Waals surface area contributed by atoms with Gasteiger partial charge in [0.1, 0.15) is 0 Å². The van der Waals surface area contributed by atoms with Gasteiger partial charge in [-0.25, -0.2) is 0 Å². The van der Waals surface area contributed by atoms with Gasteiger partial charge in [-0.3, -0.25) is 9.59 Å². The first-order valence-electron chi connectivity index (χ1n) is 9.15. The van der Waals surface area contributed by atoms with E-state index in [2.05, 4.69) is 5.32 Å². The number of anilines is 2. The molecule has 140 valence electrons. The summed E-state index contributed by atoms with van der Waals surface area (Å²) in [4.78, 5) is 26.8. The topological polar surface area (TPSA) is 49.4 Å². The summed E-state index contributed by atoms with van der Waals surface area (Å²) in [7, 11) is 0. The number of halogens is 1. The summed E-state index contributed by atoms with van der Waals surface area (Å²) in [5.74, 6) is -0.136. The first kappa shape index (κ1) is 18.3. The van der Waals surface area contributed by atoms with Crippen LogP contribution in [0.4, 0.5) is 11.4 Å². The highest BCUT2D eigenvalue weighted by atomic mass is 35.5. The van der Waals surface area contributed by atoms with E-state index in [4.69, 9.17) is 11.6 Å². The average molecular weight is 391 g/mol. The normalized spacial score (nSPS) is 13.2. The van der Waals surface area contributed by atoms with Crippen molar-refractivity contribution in [1.29, 1.82) is 0 Å². The van der Waals surface area contributed by atoms with E-state index in [1.807, 2.05) is 53.4 Å². The Balaban J connectivity index is 1.57. The average Bonchev–Trinajstić information content (AvgIpc) is 2.71. The number of carbonyl (C=O) groups is 2. The van der Waals surface area contributed by atoms with Crippen molar-refractivity contribution in [2.45, 2.75) is 19.4 Å². The molecule has 0 unspecified atom stereocenters. The van der Waals surface area contributed by atoms with Gasteiger partial charge in [0.2, 0.25) is 5.91 Å². The second kappa shape index (κ2) is 7.87. The highest BCUT2D eigenvalue weighted by molar-refractivity contribution is 6.34. The van der Waals surface area contributed by atoms with E-state index >= 15 is 0 Å². The third kappa shape index (κ3) is 3.78. The molecule has 28 heavy (non-hydrogen) atoms. The summed E-state index contributed by atoms with van der Waals surface area (Å²) in [5, 5.41) is 3.31. The first-order valence-corrected chi connectivity index (χ1v) is 9.53. The SMILES string of the molecule is O=C(Nc1ccc2c(c1)CCC(=O)N2Cc1ccccc1)c1ccccc1Cl. The summed E-state index contributed by atoms with van der Waals surface area (Å²) in [6.07, 6.45) is 1.12. The van der Waals surface area contributed by atoms with Crippen LogP contribution >= 0.6 is 11.6 Å². The van der Waals surface area contributed by atoms with Gasteiger partial charge in [0.05, 0.1) is 17.1 Å². The highest BCUT2D eigenvalue weighted by Crippen LogP contribution is 2.32. The molecule has 0 bridgehead atoms. The van der Waals surface area contributed by atoms with Crippen LogP contribution in [-0.4, -0.2) is 11.8 Å². The maximum Gasteiger partial charge on any atom is 0.257 e. The minimum atomic E-state index is -0.251. The third-order valence-corrected chi connectivity index (χ3v) is 5.17. The quantitative estimate of drug-likeness (QED) is 0.676. The standard InChI is InChI=1S/C23H19ClN2O2/c24-20-9-5-4-8-19(20)23(28)25-18-11-12-21-17(14-18)10-13-22(27)26(21)15-16-6-2-1-3-7-16/h1-9,11-12,14H,10,13,15H2,(H,25,28). The number of amides is 2. The monoisotopic (exact) mass is 390 g/mol. The number of carbonyl (C=O) groups excluding carboxylic acids is 2. The van der Waals surface area contributed by atoms with Gasteiger partial charge in [-0.15, -0.1) is 0 Å². The lowest BCUT2D eigenvalue weighted by molar-refractivity contribution is -0.119. The number of fused-ring (bicyclic) bond motifs is 1. The van der Waals surface area contributed by atoms with E-state index in [-0.39, 0.29) is 11.8 Å². The molecule has 1 heterocycles. The molecule has 0 saturated heterocycles. The Hall–Kier alpha value is -3.11. The van der Waals surface area contributed by atoms with Crippen LogP contribution in [0.2, 0.25) is 5.02 Å². The molecule has 2 amide bonds. The highest BCUT2D eigenvalue weighted by Gasteiger charge is 2.24. The van der Waals surface area contributed by atoms with Gasteiger partial charge in [-0.1, -0.05) is 54.1 Å². The zero-order chi connectivity index (χ0) is 19.5. The smallest absolute Gasteiger partial charge is 0.257 e. The molecule has 4 nitrogen and oxygen atoms in total. The number of rotatable bonds is 4. The van der Waals surface area contributed by atoms with Crippen LogP contribution in [0.3, 0.4) is 0 Å². The van der Waals surface area contributed by atoms with Crippen molar-refractivity contribution in [1.82, 2.24) is 0 Å². The number of hydrogen-bond acceptors (Lipinski definition) is 2. The molecule has 0 aliphatic carbocycles. The Kier molecular flexibility index (Phi) is 5.13. The second-order valence-electron chi connectivity index (χ2n) is 6.74. The van der Waals surface area contributed by atoms with Crippen molar-refractivity contribution in [3.05, 3.63) is 94.5 Å². The maximum atomic E-state index is 12.5. The van der Waals surface area contributed by atoms with Crippen molar-refractivity contribution in [2.75, 3.05) is 10.2 Å². The lowest BCUT2D eigenvalue weighted by Crippen LogP contribution is -2.34. The zero-order valence-electron chi connectivity index (χ0n) is 15.2. The lowest BCUT2D eigenvalue weighted by Gasteiger charge is -2.30. The Labute approximate surface area is 168 Å². The Morgan fingerprint density at radius 3 is 2.50 bits per heavy atom. The number of aryl methyl sites for hydroxylation is 1. The number of nitrogens with one attached hydrogen (secondary N) is 1. The molecular formula is C23H19ClN2O2. The predicted molar refractivity (Wildman–Crippen MR) is 112 cm³/mol. The predicted octanol–water partition coefficient (Wildman–Crippen LogP) is 5.07. The van der Waals surface area contributed by atoms with Gasteiger partial charge in [0.15, 0.2) is 0 Å². The Morgan fingerprint density at radius 2 is 1.71 bits per heavy atom. The summed E-state index contributed by atoms with van der Waals surface area (Å²) in [5.41, 5.74) is 4.16. The minimum absolute atomic E-state index is 0.115. The van der Waals surface area contributed by atoms with Gasteiger partial charge >= 0.3 is 0 Å². The van der Waals surface area contributed by atoms with Crippen LogP contribution in [-0.2, 0) is 17.8 Å². The molecule has 1 N–H and O–H groups in total. The van der Waals surface area contributed by atoms with Crippen molar-refractivity contribution in [3.63, 3.8) is 0 Å². The van der Waals surface area contributed by atoms with Crippen LogP contribution in [0, 0.1) is 0 Å². The molecule has 0 aromatic heterocycles. The first-order chi connectivity index (χ1) is 13.6. The van der Waals surface area contributed by atoms with Crippen molar-refractivity contribution < 1.29 is 9.59 Å². The molecule has 1 aliphatic rings. The van der Waals surface area contributed by atoms with Gasteiger partial charge in [0.25, 0.3) is 5.91 Å². The van der Waals surface area contributed by atoms with Crippen LogP contribution < -0.4 is 10.2 Å². The Bertz CT molecular complexity index is 1030. The molecule has 0 fully saturated rings. The fourth-order valence-electron chi connectivity index (χ4n) is 3.42.